The first-order valence-electron chi connectivity index (χ1n) is 6.14. The van der Waals surface area contributed by atoms with E-state index in [1.54, 1.807) is 0 Å². The summed E-state index contributed by atoms with van der Waals surface area (Å²) in [5.41, 5.74) is 14.7. The van der Waals surface area contributed by atoms with Gasteiger partial charge in [-0.2, -0.15) is 0 Å². The van der Waals surface area contributed by atoms with Gasteiger partial charge in [-0.25, -0.2) is 4.79 Å². The largest absolute Gasteiger partial charge is 0.673 e. The Morgan fingerprint density at radius 3 is 2.50 bits per heavy atom. The Bertz CT molecular complexity index is 318. The maximum atomic E-state index is 11.5. The van der Waals surface area contributed by atoms with Gasteiger partial charge in [0.15, 0.2) is 0 Å². The number of hydrogen-bond acceptors (Lipinski definition) is 3. The second-order valence-electron chi connectivity index (χ2n) is 5.26. The molecule has 1 unspecified atom stereocenters. The third kappa shape index (κ3) is 4.30. The zero-order valence-electron chi connectivity index (χ0n) is 11.6. The predicted molar refractivity (Wildman–Crippen MR) is 68.3 cm³/mol. The van der Waals surface area contributed by atoms with Crippen LogP contribution >= 0.6 is 0 Å². The van der Waals surface area contributed by atoms with Crippen LogP contribution in [0.15, 0.2) is 11.6 Å². The van der Waals surface area contributed by atoms with Crippen molar-refractivity contribution in [3.05, 3.63) is 17.4 Å². The summed E-state index contributed by atoms with van der Waals surface area (Å²) in [6.07, 6.45) is 2.35. The number of nitrogens with two attached hydrogens (primary N) is 1. The molecular formula is C13H23AcN2O2-. The molecule has 0 saturated carbocycles. The second-order valence-corrected chi connectivity index (χ2v) is 5.26. The van der Waals surface area contributed by atoms with E-state index in [1.165, 1.54) is 7.11 Å². The van der Waals surface area contributed by atoms with E-state index in [-0.39, 0.29) is 68.0 Å². The molecule has 0 heterocycles. The summed E-state index contributed by atoms with van der Waals surface area (Å²) < 4.78 is 4.74. The summed E-state index contributed by atoms with van der Waals surface area (Å²) >= 11 is 0. The summed E-state index contributed by atoms with van der Waals surface area (Å²) in [5, 5.41) is 0. The van der Waals surface area contributed by atoms with E-state index in [1.807, 2.05) is 6.08 Å². The molecule has 0 spiro atoms. The third-order valence-corrected chi connectivity index (χ3v) is 3.83. The number of ether oxygens (including phenoxy) is 1. The van der Waals surface area contributed by atoms with Crippen LogP contribution in [0.1, 0.15) is 27.2 Å². The molecule has 0 aromatic carbocycles. The van der Waals surface area contributed by atoms with Gasteiger partial charge in [-0.15, -0.1) is 6.04 Å². The van der Waals surface area contributed by atoms with Crippen molar-refractivity contribution in [2.45, 2.75) is 39.3 Å². The Morgan fingerprint density at radius 1 is 1.50 bits per heavy atom. The molecule has 0 aliphatic heterocycles. The van der Waals surface area contributed by atoms with E-state index in [9.17, 15) is 4.79 Å². The van der Waals surface area contributed by atoms with Gasteiger partial charge in [0.05, 0.1) is 7.11 Å². The van der Waals surface area contributed by atoms with Crippen molar-refractivity contribution in [1.29, 1.82) is 0 Å². The maximum absolute atomic E-state index is 11.5. The van der Waals surface area contributed by atoms with E-state index < -0.39 is 0 Å². The van der Waals surface area contributed by atoms with Crippen molar-refractivity contribution >= 4 is 5.97 Å². The molecule has 18 heavy (non-hydrogen) atoms. The molecule has 1 rings (SSSR count). The average molecular weight is 466 g/mol. The van der Waals surface area contributed by atoms with Crippen LogP contribution in [-0.2, 0) is 9.53 Å². The summed E-state index contributed by atoms with van der Waals surface area (Å²) in [6.45, 7) is 6.37. The molecule has 1 aliphatic rings. The van der Waals surface area contributed by atoms with Crippen molar-refractivity contribution < 1.29 is 53.6 Å². The second kappa shape index (κ2) is 7.99. The first kappa shape index (κ1) is 18.6. The fourth-order valence-electron chi connectivity index (χ4n) is 2.28. The Labute approximate surface area is 145 Å². The molecule has 0 fully saturated rings. The van der Waals surface area contributed by atoms with Gasteiger partial charge in [0.1, 0.15) is 0 Å². The minimum Gasteiger partial charge on any atom is -0.673 e. The van der Waals surface area contributed by atoms with Gasteiger partial charge in [-0.1, -0.05) is 26.8 Å². The molecule has 4 atom stereocenters. The van der Waals surface area contributed by atoms with E-state index in [2.05, 4.69) is 20.8 Å². The van der Waals surface area contributed by atoms with Gasteiger partial charge in [0, 0.05) is 49.6 Å². The number of carbonyl (C=O) groups excluding carboxylic acids is 1. The molecule has 0 aromatic heterocycles. The molecule has 0 amide bonds. The van der Waals surface area contributed by atoms with Crippen LogP contribution in [-0.4, -0.2) is 25.2 Å². The topological polar surface area (TPSA) is 76.1 Å². The summed E-state index contributed by atoms with van der Waals surface area (Å²) in [4.78, 5) is 11.5. The minimum absolute atomic E-state index is 0. The van der Waals surface area contributed by atoms with E-state index in [4.69, 9.17) is 16.2 Å². The molecule has 101 valence electrons. The van der Waals surface area contributed by atoms with E-state index in [0.717, 1.165) is 0 Å². The summed E-state index contributed by atoms with van der Waals surface area (Å²) in [7, 11) is 1.38. The number of hydrogen-bond donors (Lipinski definition) is 1. The number of methoxy groups -OCH3 is 1. The van der Waals surface area contributed by atoms with Crippen molar-refractivity contribution in [1.82, 2.24) is 0 Å². The van der Waals surface area contributed by atoms with Crippen LogP contribution in [0.3, 0.4) is 0 Å². The first-order valence-corrected chi connectivity index (χ1v) is 6.14. The number of esters is 1. The quantitative estimate of drug-likeness (QED) is 0.648. The Hall–Kier alpha value is 0.572. The van der Waals surface area contributed by atoms with Crippen LogP contribution in [0.25, 0.3) is 5.73 Å². The fourth-order valence-corrected chi connectivity index (χ4v) is 2.28. The minimum atomic E-state index is -0.333. The van der Waals surface area contributed by atoms with Crippen molar-refractivity contribution in [2.24, 2.45) is 23.5 Å². The zero-order valence-corrected chi connectivity index (χ0v) is 16.4. The average Bonchev–Trinajstić information content (AvgIpc) is 2.30. The van der Waals surface area contributed by atoms with Gasteiger partial charge >= 0.3 is 5.97 Å². The monoisotopic (exact) mass is 466 g/mol. The zero-order chi connectivity index (χ0) is 13.2. The standard InChI is InChI=1S/C13H23N2O2.Ac/c1-7(2)8(3)10-5-9(13(16)17-4)6-11(14)12(10)15;/h5,7-8,10-12,15H,6,14H2,1-4H3;/q-1;/t8?,10-,11-,12-;/m0./s1. The third-order valence-electron chi connectivity index (χ3n) is 3.83. The van der Waals surface area contributed by atoms with Crippen LogP contribution in [0.4, 0.5) is 0 Å². The van der Waals surface area contributed by atoms with Crippen molar-refractivity contribution in [3.8, 4) is 0 Å². The summed E-state index contributed by atoms with van der Waals surface area (Å²) in [6, 6.07) is -0.610. The SMILES string of the molecule is COC(=O)C1=C[C@@H](C(C)C(C)C)[C@H]([NH-])[C@@H](N)C1.[Ac]. The molecule has 0 bridgehead atoms. The van der Waals surface area contributed by atoms with Gasteiger partial charge in [0.2, 0.25) is 0 Å². The van der Waals surface area contributed by atoms with Crippen LogP contribution < -0.4 is 5.73 Å². The van der Waals surface area contributed by atoms with Crippen LogP contribution in [0, 0.1) is 61.8 Å². The van der Waals surface area contributed by atoms with Gasteiger partial charge in [-0.3, -0.25) is 0 Å². The predicted octanol–water partition coefficient (Wildman–Crippen LogP) is 2.15. The summed E-state index contributed by atoms with van der Waals surface area (Å²) in [5.74, 6) is 0.526. The van der Waals surface area contributed by atoms with Crippen molar-refractivity contribution in [2.75, 3.05) is 7.11 Å². The van der Waals surface area contributed by atoms with Crippen LogP contribution in [0.5, 0.6) is 0 Å². The molecule has 1 radical (unpaired) electrons. The molecule has 0 aromatic rings. The molecular weight excluding hydrogens is 443 g/mol. The van der Waals surface area contributed by atoms with Gasteiger partial charge < -0.3 is 16.2 Å². The molecule has 5 heteroatoms. The first-order chi connectivity index (χ1) is 7.88. The fraction of sp³-hybridized carbons (Fsp3) is 0.769. The molecule has 1 aliphatic carbocycles. The molecule has 3 N–H and O–H groups in total. The normalized spacial score (nSPS) is 29.3. The Kier molecular flexibility index (Phi) is 8.25. The van der Waals surface area contributed by atoms with Gasteiger partial charge in [-0.05, 0) is 30.2 Å². The Morgan fingerprint density at radius 2 is 2.06 bits per heavy atom. The number of rotatable bonds is 3. The Balaban J connectivity index is 0.00000289. The van der Waals surface area contributed by atoms with E-state index >= 15 is 0 Å². The smallest absolute Gasteiger partial charge is 0.333 e. The van der Waals surface area contributed by atoms with E-state index in [0.29, 0.717) is 23.8 Å². The van der Waals surface area contributed by atoms with Gasteiger partial charge in [0.25, 0.3) is 0 Å². The van der Waals surface area contributed by atoms with Crippen molar-refractivity contribution in [3.63, 3.8) is 0 Å². The van der Waals surface area contributed by atoms with Crippen LogP contribution in [0.2, 0.25) is 0 Å². The number of nitrogens with one attached hydrogen (secondary N) is 1. The number of carbonyl (C=O) groups is 1. The molecule has 0 saturated heterocycles. The maximum Gasteiger partial charge on any atom is 0.333 e. The molecule has 4 nitrogen and oxygen atoms in total.